The molecule has 1 aliphatic rings. The third kappa shape index (κ3) is 5.44. The van der Waals surface area contributed by atoms with Gasteiger partial charge in [0.1, 0.15) is 0 Å². The number of nitrogens with one attached hydrogen (secondary N) is 2. The average Bonchev–Trinajstić information content (AvgIpc) is 3.49. The Morgan fingerprint density at radius 1 is 1.03 bits per heavy atom. The minimum Gasteiger partial charge on any atom is -0.481 e. The van der Waals surface area contributed by atoms with Gasteiger partial charge >= 0.3 is 5.97 Å². The second-order valence-electron chi connectivity index (χ2n) is 7.74. The van der Waals surface area contributed by atoms with Crippen molar-refractivity contribution in [3.05, 3.63) is 65.2 Å². The number of hydrogen-bond acceptors (Lipinski definition) is 3. The zero-order chi connectivity index (χ0) is 21.0. The molecule has 0 saturated heterocycles. The minimum atomic E-state index is -0.961. The van der Waals surface area contributed by atoms with Crippen LogP contribution in [0.2, 0.25) is 0 Å². The molecule has 0 radical (unpaired) electrons. The highest BCUT2D eigenvalue weighted by atomic mass is 16.4. The summed E-state index contributed by atoms with van der Waals surface area (Å²) in [5.74, 6) is -0.589. The molecule has 0 bridgehead atoms. The van der Waals surface area contributed by atoms with Crippen molar-refractivity contribution in [2.24, 2.45) is 5.92 Å². The van der Waals surface area contributed by atoms with Crippen molar-refractivity contribution >= 4 is 23.5 Å². The van der Waals surface area contributed by atoms with Crippen LogP contribution in [-0.2, 0) is 9.59 Å². The second-order valence-corrected chi connectivity index (χ2v) is 7.74. The van der Waals surface area contributed by atoms with Crippen molar-refractivity contribution < 1.29 is 19.5 Å². The molecule has 1 fully saturated rings. The van der Waals surface area contributed by atoms with Crippen LogP contribution in [0.4, 0.5) is 5.69 Å². The van der Waals surface area contributed by atoms with Crippen LogP contribution in [0.5, 0.6) is 0 Å². The van der Waals surface area contributed by atoms with E-state index in [0.29, 0.717) is 17.2 Å². The zero-order valence-corrected chi connectivity index (χ0v) is 16.6. The van der Waals surface area contributed by atoms with Crippen LogP contribution in [0.1, 0.15) is 60.0 Å². The lowest BCUT2D eigenvalue weighted by Gasteiger charge is -2.08. The maximum Gasteiger partial charge on any atom is 0.305 e. The largest absolute Gasteiger partial charge is 0.481 e. The molecule has 3 rings (SSSR count). The van der Waals surface area contributed by atoms with Gasteiger partial charge in [-0.25, -0.2) is 0 Å². The highest BCUT2D eigenvalue weighted by Gasteiger charge is 2.43. The van der Waals surface area contributed by atoms with Crippen LogP contribution in [-0.4, -0.2) is 29.4 Å². The summed E-state index contributed by atoms with van der Waals surface area (Å²) in [5.41, 5.74) is 3.55. The molecular formula is C23H26N2O4. The normalized spacial score (nSPS) is 17.6. The van der Waals surface area contributed by atoms with Gasteiger partial charge in [-0.3, -0.25) is 14.4 Å². The fraction of sp³-hybridized carbons (Fsp3) is 0.348. The Morgan fingerprint density at radius 3 is 2.28 bits per heavy atom. The smallest absolute Gasteiger partial charge is 0.305 e. The Labute approximate surface area is 170 Å². The first kappa shape index (κ1) is 20.6. The number of anilines is 1. The first-order valence-corrected chi connectivity index (χ1v) is 9.86. The van der Waals surface area contributed by atoms with E-state index in [1.807, 2.05) is 0 Å². The van der Waals surface area contributed by atoms with Gasteiger partial charge in [0.15, 0.2) is 0 Å². The van der Waals surface area contributed by atoms with Crippen molar-refractivity contribution in [1.82, 2.24) is 5.32 Å². The minimum absolute atomic E-state index is 0.0124. The highest BCUT2D eigenvalue weighted by molar-refractivity contribution is 5.97. The van der Waals surface area contributed by atoms with Crippen LogP contribution < -0.4 is 10.6 Å². The maximum atomic E-state index is 12.5. The van der Waals surface area contributed by atoms with Crippen molar-refractivity contribution in [3.63, 3.8) is 0 Å². The molecule has 1 saturated carbocycles. The maximum absolute atomic E-state index is 12.5. The van der Waals surface area contributed by atoms with Crippen LogP contribution in [0, 0.1) is 5.92 Å². The molecular weight excluding hydrogens is 368 g/mol. The number of carbonyl (C=O) groups is 3. The summed E-state index contributed by atoms with van der Waals surface area (Å²) < 4.78 is 0. The Hall–Kier alpha value is -3.15. The van der Waals surface area contributed by atoms with Crippen LogP contribution in [0.3, 0.4) is 0 Å². The Kier molecular flexibility index (Phi) is 6.32. The van der Waals surface area contributed by atoms with Crippen molar-refractivity contribution in [2.45, 2.75) is 38.5 Å². The van der Waals surface area contributed by atoms with E-state index in [-0.39, 0.29) is 36.6 Å². The predicted molar refractivity (Wildman–Crippen MR) is 111 cm³/mol. The zero-order valence-electron chi connectivity index (χ0n) is 16.6. The van der Waals surface area contributed by atoms with Crippen molar-refractivity contribution in [1.29, 1.82) is 0 Å². The van der Waals surface area contributed by atoms with E-state index in [4.69, 9.17) is 5.11 Å². The SMILES string of the molecule is CC(C)c1ccc(C2CC2C(=O)Nc2ccc(C(=O)NCCC(=O)O)cc2)cc1. The number of carbonyl (C=O) groups excluding carboxylic acids is 2. The summed E-state index contributed by atoms with van der Waals surface area (Å²) in [4.78, 5) is 35.0. The standard InChI is InChI=1S/C23H26N2O4/c1-14(2)15-3-5-16(6-4-15)19-13-20(19)23(29)25-18-9-7-17(8-10-18)22(28)24-12-11-21(26)27/h3-10,14,19-20H,11-13H2,1-2H3,(H,24,28)(H,25,29)(H,26,27). The second kappa shape index (κ2) is 8.90. The summed E-state index contributed by atoms with van der Waals surface area (Å²) in [6.45, 7) is 4.40. The lowest BCUT2D eigenvalue weighted by atomic mass is 10.00. The van der Waals surface area contributed by atoms with Gasteiger partial charge in [0.05, 0.1) is 6.42 Å². The molecule has 3 N–H and O–H groups in total. The van der Waals surface area contributed by atoms with E-state index in [1.54, 1.807) is 24.3 Å². The molecule has 6 heteroatoms. The van der Waals surface area contributed by atoms with Gasteiger partial charge in [0.25, 0.3) is 5.91 Å². The molecule has 2 aromatic carbocycles. The number of hydrogen-bond donors (Lipinski definition) is 3. The van der Waals surface area contributed by atoms with Crippen molar-refractivity contribution in [2.75, 3.05) is 11.9 Å². The topological polar surface area (TPSA) is 95.5 Å². The number of aliphatic carboxylic acids is 1. The van der Waals surface area contributed by atoms with Gasteiger partial charge < -0.3 is 15.7 Å². The van der Waals surface area contributed by atoms with E-state index in [1.165, 1.54) is 11.1 Å². The molecule has 2 aromatic rings. The summed E-state index contributed by atoms with van der Waals surface area (Å²) in [7, 11) is 0. The van der Waals surface area contributed by atoms with E-state index >= 15 is 0 Å². The number of rotatable bonds is 8. The fourth-order valence-electron chi connectivity index (χ4n) is 3.31. The monoisotopic (exact) mass is 394 g/mol. The van der Waals surface area contributed by atoms with Crippen LogP contribution in [0.15, 0.2) is 48.5 Å². The molecule has 2 atom stereocenters. The van der Waals surface area contributed by atoms with Gasteiger partial charge in [0.2, 0.25) is 5.91 Å². The molecule has 2 unspecified atom stereocenters. The molecule has 152 valence electrons. The van der Waals surface area contributed by atoms with E-state index in [9.17, 15) is 14.4 Å². The van der Waals surface area contributed by atoms with E-state index < -0.39 is 5.97 Å². The highest BCUT2D eigenvalue weighted by Crippen LogP contribution is 2.48. The lowest BCUT2D eigenvalue weighted by molar-refractivity contribution is -0.136. The number of amides is 2. The van der Waals surface area contributed by atoms with Crippen LogP contribution >= 0.6 is 0 Å². The average molecular weight is 394 g/mol. The molecule has 0 spiro atoms. The predicted octanol–water partition coefficient (Wildman–Crippen LogP) is 3.76. The van der Waals surface area contributed by atoms with Gasteiger partial charge in [-0.1, -0.05) is 38.1 Å². The van der Waals surface area contributed by atoms with Gasteiger partial charge in [-0.05, 0) is 53.6 Å². The molecule has 0 aromatic heterocycles. The third-order valence-corrected chi connectivity index (χ3v) is 5.20. The number of carboxylic acid groups (broad SMARTS) is 1. The number of carboxylic acids is 1. The molecule has 29 heavy (non-hydrogen) atoms. The molecule has 1 aliphatic carbocycles. The van der Waals surface area contributed by atoms with Crippen LogP contribution in [0.25, 0.3) is 0 Å². The molecule has 0 heterocycles. The summed E-state index contributed by atoms with van der Waals surface area (Å²) in [6, 6.07) is 15.1. The number of benzene rings is 2. The fourth-order valence-corrected chi connectivity index (χ4v) is 3.31. The molecule has 0 aliphatic heterocycles. The summed E-state index contributed by atoms with van der Waals surface area (Å²) in [5, 5.41) is 14.1. The van der Waals surface area contributed by atoms with Gasteiger partial charge in [0, 0.05) is 23.7 Å². The Balaban J connectivity index is 1.51. The van der Waals surface area contributed by atoms with E-state index in [2.05, 4.69) is 48.7 Å². The van der Waals surface area contributed by atoms with E-state index in [0.717, 1.165) is 6.42 Å². The first-order chi connectivity index (χ1) is 13.8. The summed E-state index contributed by atoms with van der Waals surface area (Å²) in [6.07, 6.45) is 0.722. The van der Waals surface area contributed by atoms with Gasteiger partial charge in [-0.15, -0.1) is 0 Å². The quantitative estimate of drug-likeness (QED) is 0.635. The molecule has 2 amide bonds. The van der Waals surface area contributed by atoms with Crippen molar-refractivity contribution in [3.8, 4) is 0 Å². The van der Waals surface area contributed by atoms with Gasteiger partial charge in [-0.2, -0.15) is 0 Å². The lowest BCUT2D eigenvalue weighted by Crippen LogP contribution is -2.26. The third-order valence-electron chi connectivity index (χ3n) is 5.20. The Morgan fingerprint density at radius 2 is 1.69 bits per heavy atom. The summed E-state index contributed by atoms with van der Waals surface area (Å²) >= 11 is 0. The Bertz CT molecular complexity index is 888. The molecule has 6 nitrogen and oxygen atoms in total. The first-order valence-electron chi connectivity index (χ1n) is 9.86.